The van der Waals surface area contributed by atoms with Crippen LogP contribution in [-0.4, -0.2) is 34.7 Å². The topological polar surface area (TPSA) is 74.2 Å². The van der Waals surface area contributed by atoms with E-state index in [1.165, 1.54) is 24.6 Å². The zero-order valence-electron chi connectivity index (χ0n) is 18.5. The molecule has 3 rings (SSSR count). The first kappa shape index (κ1) is 23.3. The van der Waals surface area contributed by atoms with Crippen LogP contribution in [0.15, 0.2) is 36.5 Å². The quantitative estimate of drug-likeness (QED) is 0.599. The Bertz CT molecular complexity index is 918. The number of hydrogen-bond acceptors (Lipinski definition) is 4. The van der Waals surface area contributed by atoms with Gasteiger partial charge in [0.1, 0.15) is 11.6 Å². The average molecular weight is 432 g/mol. The van der Waals surface area contributed by atoms with E-state index < -0.39 is 23.8 Å². The van der Waals surface area contributed by atoms with Gasteiger partial charge in [0.2, 0.25) is 5.91 Å². The molecule has 7 heteroatoms. The molecule has 1 amide bonds. The number of halogens is 2. The van der Waals surface area contributed by atoms with Gasteiger partial charge < -0.3 is 15.7 Å². The van der Waals surface area contributed by atoms with Gasteiger partial charge in [-0.05, 0) is 60.1 Å². The van der Waals surface area contributed by atoms with Crippen molar-refractivity contribution in [3.05, 3.63) is 65.0 Å². The van der Waals surface area contributed by atoms with E-state index in [1.54, 1.807) is 0 Å². The summed E-state index contributed by atoms with van der Waals surface area (Å²) in [5, 5.41) is 16.9. The highest BCUT2D eigenvalue weighted by molar-refractivity contribution is 5.73. The van der Waals surface area contributed by atoms with Crippen molar-refractivity contribution >= 4 is 5.91 Å². The predicted octanol–water partition coefficient (Wildman–Crippen LogP) is 3.34. The summed E-state index contributed by atoms with van der Waals surface area (Å²) >= 11 is 0. The molecule has 1 aromatic carbocycles. The van der Waals surface area contributed by atoms with Crippen LogP contribution in [0.3, 0.4) is 0 Å². The third-order valence-corrected chi connectivity index (χ3v) is 5.75. The molecular formula is C24H31F2N3O2. The van der Waals surface area contributed by atoms with E-state index in [9.17, 15) is 18.7 Å². The number of carbonyl (C=O) groups excluding carboxylic acids is 1. The molecular weight excluding hydrogens is 400 g/mol. The first-order chi connectivity index (χ1) is 14.5. The van der Waals surface area contributed by atoms with Gasteiger partial charge in [-0.2, -0.15) is 0 Å². The van der Waals surface area contributed by atoms with Crippen LogP contribution in [0.1, 0.15) is 57.4 Å². The molecule has 1 aromatic heterocycles. The van der Waals surface area contributed by atoms with Crippen LogP contribution < -0.4 is 10.6 Å². The maximum absolute atomic E-state index is 13.5. The number of nitrogens with zero attached hydrogens (tertiary/aromatic N) is 1. The lowest BCUT2D eigenvalue weighted by Gasteiger charge is -2.27. The summed E-state index contributed by atoms with van der Waals surface area (Å²) in [5.41, 5.74) is 2.21. The molecule has 0 spiro atoms. The van der Waals surface area contributed by atoms with Crippen molar-refractivity contribution in [2.45, 2.75) is 70.1 Å². The number of rotatable bonds is 8. The normalized spacial score (nSPS) is 17.1. The number of aromatic nitrogens is 1. The maximum atomic E-state index is 13.5. The van der Waals surface area contributed by atoms with Crippen molar-refractivity contribution in [1.29, 1.82) is 0 Å². The number of hydrogen-bond donors (Lipinski definition) is 3. The summed E-state index contributed by atoms with van der Waals surface area (Å²) in [6.45, 7) is 8.01. The Kier molecular flexibility index (Phi) is 6.76. The number of aliphatic hydroxyl groups excluding tert-OH is 1. The van der Waals surface area contributed by atoms with Crippen LogP contribution in [0.4, 0.5) is 8.78 Å². The minimum Gasteiger partial charge on any atom is -0.390 e. The van der Waals surface area contributed by atoms with Gasteiger partial charge in [-0.3, -0.25) is 9.78 Å². The van der Waals surface area contributed by atoms with Crippen LogP contribution in [0.2, 0.25) is 0 Å². The highest BCUT2D eigenvalue weighted by Crippen LogP contribution is 2.45. The Morgan fingerprint density at radius 3 is 2.39 bits per heavy atom. The number of pyridine rings is 1. The molecule has 1 fully saturated rings. The summed E-state index contributed by atoms with van der Waals surface area (Å²) in [7, 11) is 0. The molecule has 5 nitrogen and oxygen atoms in total. The van der Waals surface area contributed by atoms with Gasteiger partial charge in [0.25, 0.3) is 0 Å². The van der Waals surface area contributed by atoms with E-state index in [-0.39, 0.29) is 29.8 Å². The summed E-state index contributed by atoms with van der Waals surface area (Å²) < 4.78 is 27.1. The third-order valence-electron chi connectivity index (χ3n) is 5.75. The number of carbonyl (C=O) groups is 1. The first-order valence-electron chi connectivity index (χ1n) is 10.6. The van der Waals surface area contributed by atoms with E-state index in [0.717, 1.165) is 24.6 Å². The van der Waals surface area contributed by atoms with Crippen molar-refractivity contribution in [3.8, 4) is 0 Å². The SMILES string of the molecule is CC(=O)N[C@@H](Cc1cc(F)cc(F)c1)[C@@H](O)CNC1(c2cc(C(C)(C)C)ccn2)CC1. The molecule has 3 N–H and O–H groups in total. The van der Waals surface area contributed by atoms with E-state index in [1.807, 2.05) is 12.3 Å². The highest BCUT2D eigenvalue weighted by Gasteiger charge is 2.46. The molecule has 2 atom stereocenters. The standard InChI is InChI=1S/C24H31F2N3O2/c1-15(30)29-20(11-16-9-18(25)13-19(26)10-16)21(31)14-28-24(6-7-24)22-12-17(5-8-27-22)23(2,3)4/h5,8-10,12-13,20-21,28,31H,6-7,11,14H2,1-4H3,(H,29,30)/t20-,21-/m0/s1. The van der Waals surface area contributed by atoms with Crippen molar-refractivity contribution in [2.75, 3.05) is 6.54 Å². The molecule has 2 aromatic rings. The average Bonchev–Trinajstić information content (AvgIpc) is 3.45. The smallest absolute Gasteiger partial charge is 0.217 e. The molecule has 168 valence electrons. The van der Waals surface area contributed by atoms with Gasteiger partial charge in [-0.1, -0.05) is 20.8 Å². The van der Waals surface area contributed by atoms with E-state index in [4.69, 9.17) is 0 Å². The van der Waals surface area contributed by atoms with E-state index in [0.29, 0.717) is 5.56 Å². The monoisotopic (exact) mass is 431 g/mol. The van der Waals surface area contributed by atoms with Crippen LogP contribution >= 0.6 is 0 Å². The second-order valence-electron chi connectivity index (χ2n) is 9.50. The van der Waals surface area contributed by atoms with E-state index >= 15 is 0 Å². The second kappa shape index (κ2) is 9.01. The van der Waals surface area contributed by atoms with Crippen LogP contribution in [0.25, 0.3) is 0 Å². The van der Waals surface area contributed by atoms with Gasteiger partial charge in [-0.25, -0.2) is 8.78 Å². The van der Waals surface area contributed by atoms with Gasteiger partial charge in [0.15, 0.2) is 0 Å². The fourth-order valence-corrected chi connectivity index (χ4v) is 3.78. The minimum absolute atomic E-state index is 0.00399. The Labute approximate surface area is 182 Å². The number of nitrogens with one attached hydrogen (secondary N) is 2. The largest absolute Gasteiger partial charge is 0.390 e. The fraction of sp³-hybridized carbons (Fsp3) is 0.500. The van der Waals surface area contributed by atoms with Crippen molar-refractivity contribution in [3.63, 3.8) is 0 Å². The molecule has 0 unspecified atom stereocenters. The van der Waals surface area contributed by atoms with Crippen LogP contribution in [0, 0.1) is 11.6 Å². The minimum atomic E-state index is -0.946. The molecule has 1 heterocycles. The lowest BCUT2D eigenvalue weighted by molar-refractivity contribution is -0.120. The molecule has 0 aliphatic heterocycles. The maximum Gasteiger partial charge on any atom is 0.217 e. The second-order valence-corrected chi connectivity index (χ2v) is 9.50. The molecule has 1 aliphatic carbocycles. The van der Waals surface area contributed by atoms with Crippen molar-refractivity contribution in [2.24, 2.45) is 0 Å². The molecule has 1 aliphatic rings. The van der Waals surface area contributed by atoms with Crippen molar-refractivity contribution < 1.29 is 18.7 Å². The summed E-state index contributed by atoms with van der Waals surface area (Å²) in [6, 6.07) is 6.65. The summed E-state index contributed by atoms with van der Waals surface area (Å²) in [5.74, 6) is -1.70. The Morgan fingerprint density at radius 2 is 1.84 bits per heavy atom. The zero-order valence-corrected chi connectivity index (χ0v) is 18.5. The van der Waals surface area contributed by atoms with Gasteiger partial charge in [0.05, 0.1) is 23.4 Å². The Balaban J connectivity index is 1.70. The van der Waals surface area contributed by atoms with Gasteiger partial charge in [0, 0.05) is 25.7 Å². The number of amides is 1. The third kappa shape index (κ3) is 6.08. The fourth-order valence-electron chi connectivity index (χ4n) is 3.78. The molecule has 1 saturated carbocycles. The number of aliphatic hydroxyl groups is 1. The van der Waals surface area contributed by atoms with Crippen molar-refractivity contribution in [1.82, 2.24) is 15.6 Å². The summed E-state index contributed by atoms with van der Waals surface area (Å²) in [4.78, 5) is 16.2. The lowest BCUT2D eigenvalue weighted by atomic mass is 9.86. The summed E-state index contributed by atoms with van der Waals surface area (Å²) in [6.07, 6.45) is 2.79. The molecule has 0 saturated heterocycles. The zero-order chi connectivity index (χ0) is 22.8. The first-order valence-corrected chi connectivity index (χ1v) is 10.6. The van der Waals surface area contributed by atoms with Crippen LogP contribution in [0.5, 0.6) is 0 Å². The lowest BCUT2D eigenvalue weighted by Crippen LogP contribution is -2.49. The molecule has 31 heavy (non-hydrogen) atoms. The number of benzene rings is 1. The predicted molar refractivity (Wildman–Crippen MR) is 116 cm³/mol. The van der Waals surface area contributed by atoms with E-state index in [2.05, 4.69) is 42.5 Å². The van der Waals surface area contributed by atoms with Crippen LogP contribution in [-0.2, 0) is 22.2 Å². The molecule has 0 radical (unpaired) electrons. The van der Waals surface area contributed by atoms with Gasteiger partial charge >= 0.3 is 0 Å². The van der Waals surface area contributed by atoms with Gasteiger partial charge in [-0.15, -0.1) is 0 Å². The Morgan fingerprint density at radius 1 is 1.19 bits per heavy atom. The molecule has 0 bridgehead atoms. The Hall–Kier alpha value is -2.38. The highest BCUT2D eigenvalue weighted by atomic mass is 19.1.